The van der Waals surface area contributed by atoms with Crippen LogP contribution in [-0.4, -0.2) is 12.5 Å². The van der Waals surface area contributed by atoms with Crippen LogP contribution >= 0.6 is 15.9 Å². The highest BCUT2D eigenvalue weighted by molar-refractivity contribution is 9.10. The molecule has 0 heterocycles. The number of carbonyl (C=O) groups excluding carboxylic acids is 1. The third kappa shape index (κ3) is 4.66. The van der Waals surface area contributed by atoms with Crippen LogP contribution in [0.15, 0.2) is 22.7 Å². The van der Waals surface area contributed by atoms with Gasteiger partial charge in [-0.15, -0.1) is 0 Å². The predicted octanol–water partition coefficient (Wildman–Crippen LogP) is 3.15. The summed E-state index contributed by atoms with van der Waals surface area (Å²) >= 11 is 2.98. The highest BCUT2D eigenvalue weighted by atomic mass is 79.9. The first-order valence-corrected chi connectivity index (χ1v) is 6.00. The van der Waals surface area contributed by atoms with Crippen LogP contribution in [0.2, 0.25) is 0 Å². The van der Waals surface area contributed by atoms with E-state index in [0.717, 1.165) is 12.1 Å². The molecule has 0 spiro atoms. The average molecular weight is 325 g/mol. The lowest BCUT2D eigenvalue weighted by molar-refractivity contribution is -0.137. The van der Waals surface area contributed by atoms with E-state index in [-0.39, 0.29) is 22.5 Å². The Morgan fingerprint density at radius 2 is 2.00 bits per heavy atom. The monoisotopic (exact) mass is 324 g/mol. The van der Waals surface area contributed by atoms with Crippen LogP contribution in [0, 0.1) is 0 Å². The van der Waals surface area contributed by atoms with Crippen LogP contribution in [0.5, 0.6) is 0 Å². The molecule has 0 aliphatic carbocycles. The lowest BCUT2D eigenvalue weighted by Gasteiger charge is -2.11. The molecule has 7 heteroatoms. The number of nitrogens with two attached hydrogens (primary N) is 1. The number of benzene rings is 1. The van der Waals surface area contributed by atoms with Crippen LogP contribution in [0.1, 0.15) is 18.4 Å². The molecule has 100 valence electrons. The number of carbonyl (C=O) groups is 1. The van der Waals surface area contributed by atoms with Gasteiger partial charge in [0.05, 0.1) is 5.56 Å². The summed E-state index contributed by atoms with van der Waals surface area (Å²) < 4.78 is 37.9. The highest BCUT2D eigenvalue weighted by Gasteiger charge is 2.31. The third-order valence-electron chi connectivity index (χ3n) is 2.12. The molecule has 3 N–H and O–H groups in total. The fourth-order valence-corrected chi connectivity index (χ4v) is 1.80. The van der Waals surface area contributed by atoms with Gasteiger partial charge in [0.2, 0.25) is 5.91 Å². The molecular formula is C11H12BrF3N2O. The molecule has 0 fully saturated rings. The second kappa shape index (κ2) is 6.19. The smallest absolute Gasteiger partial charge is 0.330 e. The standard InChI is InChI=1S/C11H12BrF3N2O/c12-8-4-7(11(13,14)15)5-9(6-8)17-10(18)2-1-3-16/h4-6H,1-3,16H2,(H,17,18). The number of nitrogens with one attached hydrogen (secondary N) is 1. The van der Waals surface area contributed by atoms with Crippen LogP contribution in [0.3, 0.4) is 0 Å². The van der Waals surface area contributed by atoms with Crippen LogP contribution in [-0.2, 0) is 11.0 Å². The first-order valence-electron chi connectivity index (χ1n) is 5.20. The molecular weight excluding hydrogens is 313 g/mol. The topological polar surface area (TPSA) is 55.1 Å². The minimum Gasteiger partial charge on any atom is -0.330 e. The SMILES string of the molecule is NCCCC(=O)Nc1cc(Br)cc(C(F)(F)F)c1. The van der Waals surface area contributed by atoms with E-state index in [9.17, 15) is 18.0 Å². The summed E-state index contributed by atoms with van der Waals surface area (Å²) in [7, 11) is 0. The summed E-state index contributed by atoms with van der Waals surface area (Å²) in [5.41, 5.74) is 4.54. The molecule has 1 rings (SSSR count). The zero-order valence-corrected chi connectivity index (χ0v) is 10.9. The van der Waals surface area contributed by atoms with Crippen molar-refractivity contribution in [1.82, 2.24) is 0 Å². The molecule has 0 bridgehead atoms. The van der Waals surface area contributed by atoms with E-state index in [1.165, 1.54) is 6.07 Å². The van der Waals surface area contributed by atoms with Gasteiger partial charge in [-0.1, -0.05) is 15.9 Å². The number of hydrogen-bond acceptors (Lipinski definition) is 2. The van der Waals surface area contributed by atoms with Crippen molar-refractivity contribution in [3.05, 3.63) is 28.2 Å². The fourth-order valence-electron chi connectivity index (χ4n) is 1.31. The largest absolute Gasteiger partial charge is 0.416 e. The number of anilines is 1. The summed E-state index contributed by atoms with van der Waals surface area (Å²) in [6.07, 6.45) is -3.77. The van der Waals surface area contributed by atoms with Crippen LogP contribution in [0.4, 0.5) is 18.9 Å². The Bertz CT molecular complexity index is 435. The van der Waals surface area contributed by atoms with Crippen molar-refractivity contribution in [3.63, 3.8) is 0 Å². The van der Waals surface area contributed by atoms with E-state index >= 15 is 0 Å². The van der Waals surface area contributed by atoms with Gasteiger partial charge in [0.25, 0.3) is 0 Å². The van der Waals surface area contributed by atoms with Crippen molar-refractivity contribution in [3.8, 4) is 0 Å². The molecule has 0 aliphatic heterocycles. The summed E-state index contributed by atoms with van der Waals surface area (Å²) in [6.45, 7) is 0.361. The minimum atomic E-state index is -4.44. The van der Waals surface area contributed by atoms with Crippen molar-refractivity contribution in [1.29, 1.82) is 0 Å². The summed E-state index contributed by atoms with van der Waals surface area (Å²) in [5.74, 6) is -0.355. The maximum Gasteiger partial charge on any atom is 0.416 e. The van der Waals surface area contributed by atoms with Crippen LogP contribution < -0.4 is 11.1 Å². The van der Waals surface area contributed by atoms with E-state index in [1.54, 1.807) is 0 Å². The van der Waals surface area contributed by atoms with E-state index in [0.29, 0.717) is 13.0 Å². The van der Waals surface area contributed by atoms with Crippen molar-refractivity contribution < 1.29 is 18.0 Å². The Balaban J connectivity index is 2.84. The van der Waals surface area contributed by atoms with E-state index < -0.39 is 11.7 Å². The number of halogens is 4. The van der Waals surface area contributed by atoms with Gasteiger partial charge in [-0.25, -0.2) is 0 Å². The molecule has 0 atom stereocenters. The second-order valence-corrected chi connectivity index (χ2v) is 4.58. The van der Waals surface area contributed by atoms with E-state index in [4.69, 9.17) is 5.73 Å². The maximum atomic E-state index is 12.5. The van der Waals surface area contributed by atoms with E-state index in [2.05, 4.69) is 21.2 Å². The van der Waals surface area contributed by atoms with Crippen molar-refractivity contribution in [2.24, 2.45) is 5.73 Å². The number of amides is 1. The lowest BCUT2D eigenvalue weighted by atomic mass is 10.2. The second-order valence-electron chi connectivity index (χ2n) is 3.67. The van der Waals surface area contributed by atoms with Crippen molar-refractivity contribution >= 4 is 27.5 Å². The van der Waals surface area contributed by atoms with Gasteiger partial charge < -0.3 is 11.1 Å². The molecule has 1 amide bonds. The van der Waals surface area contributed by atoms with Gasteiger partial charge in [0.1, 0.15) is 0 Å². The molecule has 0 aromatic heterocycles. The van der Waals surface area contributed by atoms with Crippen LogP contribution in [0.25, 0.3) is 0 Å². The van der Waals surface area contributed by atoms with Crippen molar-refractivity contribution in [2.45, 2.75) is 19.0 Å². The highest BCUT2D eigenvalue weighted by Crippen LogP contribution is 2.33. The molecule has 0 radical (unpaired) electrons. The molecule has 0 saturated carbocycles. The molecule has 0 aliphatic rings. The quantitative estimate of drug-likeness (QED) is 0.893. The molecule has 0 saturated heterocycles. The number of rotatable bonds is 4. The number of alkyl halides is 3. The third-order valence-corrected chi connectivity index (χ3v) is 2.57. The molecule has 3 nitrogen and oxygen atoms in total. The normalized spacial score (nSPS) is 11.4. The first-order chi connectivity index (χ1) is 8.32. The lowest BCUT2D eigenvalue weighted by Crippen LogP contribution is -2.14. The Morgan fingerprint density at radius 3 is 2.56 bits per heavy atom. The van der Waals surface area contributed by atoms with Gasteiger partial charge in [0.15, 0.2) is 0 Å². The Labute approximate surface area is 111 Å². The maximum absolute atomic E-state index is 12.5. The Hall–Kier alpha value is -1.08. The predicted molar refractivity (Wildman–Crippen MR) is 66.1 cm³/mol. The first kappa shape index (κ1) is 15.0. The van der Waals surface area contributed by atoms with Gasteiger partial charge in [-0.05, 0) is 31.2 Å². The number of hydrogen-bond donors (Lipinski definition) is 2. The summed E-state index contributed by atoms with van der Waals surface area (Å²) in [6, 6.07) is 3.26. The van der Waals surface area contributed by atoms with Gasteiger partial charge in [0, 0.05) is 16.6 Å². The Morgan fingerprint density at radius 1 is 1.33 bits per heavy atom. The zero-order chi connectivity index (χ0) is 13.8. The van der Waals surface area contributed by atoms with Gasteiger partial charge in [-0.2, -0.15) is 13.2 Å². The molecule has 0 unspecified atom stereocenters. The molecule has 18 heavy (non-hydrogen) atoms. The van der Waals surface area contributed by atoms with Gasteiger partial charge >= 0.3 is 6.18 Å². The average Bonchev–Trinajstić information content (AvgIpc) is 2.24. The fraction of sp³-hybridized carbons (Fsp3) is 0.364. The Kier molecular flexibility index (Phi) is 5.15. The van der Waals surface area contributed by atoms with Crippen molar-refractivity contribution in [2.75, 3.05) is 11.9 Å². The summed E-state index contributed by atoms with van der Waals surface area (Å²) in [4.78, 5) is 11.4. The molecule has 1 aromatic carbocycles. The van der Waals surface area contributed by atoms with Gasteiger partial charge in [-0.3, -0.25) is 4.79 Å². The summed E-state index contributed by atoms with van der Waals surface area (Å²) in [5, 5.41) is 2.41. The minimum absolute atomic E-state index is 0.110. The zero-order valence-electron chi connectivity index (χ0n) is 9.35. The van der Waals surface area contributed by atoms with E-state index in [1.807, 2.05) is 0 Å². The molecule has 1 aromatic rings.